The second kappa shape index (κ2) is 18.1. The third-order valence-electron chi connectivity index (χ3n) is 6.73. The van der Waals surface area contributed by atoms with E-state index < -0.39 is 17.8 Å². The van der Waals surface area contributed by atoms with Gasteiger partial charge in [-0.25, -0.2) is 0 Å². The molecular weight excluding hydrogens is 400 g/mol. The molecule has 186 valence electrons. The molecule has 0 aliphatic heterocycles. The zero-order valence-electron chi connectivity index (χ0n) is 21.2. The maximum atomic E-state index is 12.8. The summed E-state index contributed by atoms with van der Waals surface area (Å²) in [4.78, 5) is 24.4. The van der Waals surface area contributed by atoms with Crippen molar-refractivity contribution in [2.24, 2.45) is 17.8 Å². The van der Waals surface area contributed by atoms with Crippen LogP contribution in [-0.2, 0) is 14.3 Å². The Kier molecular flexibility index (Phi) is 16.3. The number of carbonyl (C=O) groups is 2. The largest absolute Gasteiger partial charge is 0.481 e. The predicted molar refractivity (Wildman–Crippen MR) is 133 cm³/mol. The molecule has 0 saturated carbocycles. The van der Waals surface area contributed by atoms with Crippen LogP contribution < -0.4 is 0 Å². The molecule has 1 aliphatic carbocycles. The highest BCUT2D eigenvalue weighted by Crippen LogP contribution is 2.28. The average Bonchev–Trinajstić information content (AvgIpc) is 2.77. The van der Waals surface area contributed by atoms with E-state index in [1.807, 2.05) is 6.08 Å². The van der Waals surface area contributed by atoms with Gasteiger partial charge in [-0.3, -0.25) is 9.59 Å². The minimum atomic E-state index is -0.888. The smallest absolute Gasteiger partial charge is 0.313 e. The van der Waals surface area contributed by atoms with Crippen molar-refractivity contribution in [1.82, 2.24) is 0 Å². The summed E-state index contributed by atoms with van der Waals surface area (Å²) in [6.07, 6.45) is 22.8. The van der Waals surface area contributed by atoms with E-state index in [1.54, 1.807) is 6.08 Å². The Morgan fingerprint density at radius 3 is 1.94 bits per heavy atom. The molecule has 0 heterocycles. The van der Waals surface area contributed by atoms with Crippen molar-refractivity contribution in [3.05, 3.63) is 12.2 Å². The lowest BCUT2D eigenvalue weighted by Crippen LogP contribution is -2.33. The average molecular weight is 451 g/mol. The number of carboxylic acid groups (broad SMARTS) is 1. The van der Waals surface area contributed by atoms with Gasteiger partial charge in [0.25, 0.3) is 0 Å². The number of rotatable bonds is 19. The second-order valence-corrected chi connectivity index (χ2v) is 10.2. The van der Waals surface area contributed by atoms with Crippen molar-refractivity contribution in [2.45, 2.75) is 136 Å². The number of allylic oxidation sites excluding steroid dienone is 1. The van der Waals surface area contributed by atoms with Crippen LogP contribution in [0.15, 0.2) is 12.2 Å². The molecule has 0 aromatic heterocycles. The normalized spacial score (nSPS) is 19.2. The van der Waals surface area contributed by atoms with Crippen molar-refractivity contribution in [2.75, 3.05) is 0 Å². The van der Waals surface area contributed by atoms with Crippen molar-refractivity contribution in [3.8, 4) is 0 Å². The Balaban J connectivity index is 2.45. The van der Waals surface area contributed by atoms with E-state index in [2.05, 4.69) is 20.8 Å². The molecule has 32 heavy (non-hydrogen) atoms. The van der Waals surface area contributed by atoms with Crippen LogP contribution in [0, 0.1) is 17.8 Å². The van der Waals surface area contributed by atoms with Crippen LogP contribution in [0.4, 0.5) is 0 Å². The molecule has 0 radical (unpaired) electrons. The molecular formula is C28H50O4. The van der Waals surface area contributed by atoms with Gasteiger partial charge in [0.2, 0.25) is 0 Å². The Morgan fingerprint density at radius 1 is 0.875 bits per heavy atom. The summed E-state index contributed by atoms with van der Waals surface area (Å²) >= 11 is 0. The highest BCUT2D eigenvalue weighted by atomic mass is 16.5. The first-order valence-corrected chi connectivity index (χ1v) is 13.6. The lowest BCUT2D eigenvalue weighted by molar-refractivity contribution is -0.160. The van der Waals surface area contributed by atoms with Crippen molar-refractivity contribution in [3.63, 3.8) is 0 Å². The molecule has 0 aromatic carbocycles. The SMILES string of the molecule is CCCCCCCCCCC(CCCCCCC(C)C)OC(=O)C1C=CCCC1C(=O)O. The molecule has 0 saturated heterocycles. The van der Waals surface area contributed by atoms with Gasteiger partial charge in [0.1, 0.15) is 6.10 Å². The van der Waals surface area contributed by atoms with E-state index >= 15 is 0 Å². The van der Waals surface area contributed by atoms with Gasteiger partial charge < -0.3 is 9.84 Å². The summed E-state index contributed by atoms with van der Waals surface area (Å²) in [5.41, 5.74) is 0. The van der Waals surface area contributed by atoms with Crippen LogP contribution in [0.3, 0.4) is 0 Å². The van der Waals surface area contributed by atoms with Gasteiger partial charge in [0, 0.05) is 0 Å². The second-order valence-electron chi connectivity index (χ2n) is 10.2. The maximum Gasteiger partial charge on any atom is 0.313 e. The highest BCUT2D eigenvalue weighted by Gasteiger charge is 2.35. The van der Waals surface area contributed by atoms with Crippen LogP contribution >= 0.6 is 0 Å². The van der Waals surface area contributed by atoms with Crippen LogP contribution in [0.1, 0.15) is 130 Å². The van der Waals surface area contributed by atoms with E-state index in [9.17, 15) is 14.7 Å². The summed E-state index contributed by atoms with van der Waals surface area (Å²) in [7, 11) is 0. The van der Waals surface area contributed by atoms with Crippen LogP contribution in [-0.4, -0.2) is 23.1 Å². The Hall–Kier alpha value is -1.32. The molecule has 4 nitrogen and oxygen atoms in total. The summed E-state index contributed by atoms with van der Waals surface area (Å²) in [5.74, 6) is -1.74. The van der Waals surface area contributed by atoms with Crippen LogP contribution in [0.2, 0.25) is 0 Å². The lowest BCUT2D eigenvalue weighted by Gasteiger charge is -2.26. The molecule has 0 bridgehead atoms. The topological polar surface area (TPSA) is 63.6 Å². The molecule has 0 aromatic rings. The Bertz CT molecular complexity index is 526. The lowest BCUT2D eigenvalue weighted by atomic mass is 9.84. The van der Waals surface area contributed by atoms with Gasteiger partial charge in [-0.05, 0) is 44.4 Å². The molecule has 3 atom stereocenters. The van der Waals surface area contributed by atoms with Gasteiger partial charge in [0.05, 0.1) is 11.8 Å². The van der Waals surface area contributed by atoms with Gasteiger partial charge in [0.15, 0.2) is 0 Å². The standard InChI is InChI=1S/C28H50O4/c1-4-5-6-7-8-9-10-14-19-24(20-15-12-11-13-18-23(2)3)32-28(31)26-22-17-16-21-25(26)27(29)30/h17,22-26H,4-16,18-21H2,1-3H3,(H,29,30). The fourth-order valence-electron chi connectivity index (χ4n) is 4.64. The Labute approximate surface area is 197 Å². The number of aliphatic carboxylic acids is 1. The molecule has 0 fully saturated rings. The van der Waals surface area contributed by atoms with Gasteiger partial charge in [-0.15, -0.1) is 0 Å². The molecule has 0 spiro atoms. The minimum Gasteiger partial charge on any atom is -0.481 e. The fraction of sp³-hybridized carbons (Fsp3) is 0.857. The quantitative estimate of drug-likeness (QED) is 0.123. The van der Waals surface area contributed by atoms with Crippen LogP contribution in [0.25, 0.3) is 0 Å². The molecule has 3 unspecified atom stereocenters. The van der Waals surface area contributed by atoms with Gasteiger partial charge in [-0.1, -0.05) is 104 Å². The van der Waals surface area contributed by atoms with E-state index in [0.717, 1.165) is 38.0 Å². The summed E-state index contributed by atoms with van der Waals surface area (Å²) in [5, 5.41) is 9.49. The first kappa shape index (κ1) is 28.7. The molecule has 4 heteroatoms. The number of carboxylic acids is 1. The molecule has 1 N–H and O–H groups in total. The number of hydrogen-bond acceptors (Lipinski definition) is 3. The minimum absolute atomic E-state index is 0.0718. The van der Waals surface area contributed by atoms with Crippen molar-refractivity contribution < 1.29 is 19.4 Å². The summed E-state index contributed by atoms with van der Waals surface area (Å²) < 4.78 is 5.92. The van der Waals surface area contributed by atoms with Crippen molar-refractivity contribution >= 4 is 11.9 Å². The number of unbranched alkanes of at least 4 members (excludes halogenated alkanes) is 10. The highest BCUT2D eigenvalue weighted by molar-refractivity contribution is 5.83. The molecule has 1 rings (SSSR count). The van der Waals surface area contributed by atoms with Crippen LogP contribution in [0.5, 0.6) is 0 Å². The number of ether oxygens (including phenoxy) is 1. The number of carbonyl (C=O) groups excluding carboxylic acids is 1. The van der Waals surface area contributed by atoms with Gasteiger partial charge >= 0.3 is 11.9 Å². The van der Waals surface area contributed by atoms with E-state index in [4.69, 9.17) is 4.74 Å². The summed E-state index contributed by atoms with van der Waals surface area (Å²) in [6, 6.07) is 0. The number of hydrogen-bond donors (Lipinski definition) is 1. The monoisotopic (exact) mass is 450 g/mol. The predicted octanol–water partition coefficient (Wildman–Crippen LogP) is 8.09. The van der Waals surface area contributed by atoms with E-state index in [-0.39, 0.29) is 12.1 Å². The first-order valence-electron chi connectivity index (χ1n) is 13.6. The zero-order valence-corrected chi connectivity index (χ0v) is 21.2. The van der Waals surface area contributed by atoms with Gasteiger partial charge in [-0.2, -0.15) is 0 Å². The zero-order chi connectivity index (χ0) is 23.6. The van der Waals surface area contributed by atoms with E-state index in [0.29, 0.717) is 6.42 Å². The fourth-order valence-corrected chi connectivity index (χ4v) is 4.64. The summed E-state index contributed by atoms with van der Waals surface area (Å²) in [6.45, 7) is 6.78. The molecule has 0 amide bonds. The van der Waals surface area contributed by atoms with Crippen molar-refractivity contribution in [1.29, 1.82) is 0 Å². The number of esters is 1. The third kappa shape index (κ3) is 13.3. The molecule has 1 aliphatic rings. The maximum absolute atomic E-state index is 12.8. The van der Waals surface area contributed by atoms with E-state index in [1.165, 1.54) is 70.6 Å². The third-order valence-corrected chi connectivity index (χ3v) is 6.73. The first-order chi connectivity index (χ1) is 15.5. The Morgan fingerprint density at radius 2 is 1.41 bits per heavy atom.